The first-order valence-electron chi connectivity index (χ1n) is 7.31. The Balaban J connectivity index is 1.85. The van der Waals surface area contributed by atoms with E-state index in [1.807, 2.05) is 0 Å². The van der Waals surface area contributed by atoms with Gasteiger partial charge >= 0.3 is 0 Å². The van der Waals surface area contributed by atoms with Crippen LogP contribution in [0.3, 0.4) is 0 Å². The molecule has 0 spiro atoms. The van der Waals surface area contributed by atoms with E-state index < -0.39 is 10.0 Å². The third kappa shape index (κ3) is 4.16. The van der Waals surface area contributed by atoms with Crippen LogP contribution in [0.1, 0.15) is 44.9 Å². The molecule has 0 aromatic carbocycles. The number of halogens is 1. The van der Waals surface area contributed by atoms with Crippen LogP contribution in [0.2, 0.25) is 0 Å². The predicted molar refractivity (Wildman–Crippen MR) is 80.1 cm³/mol. The lowest BCUT2D eigenvalue weighted by Gasteiger charge is -2.34. The van der Waals surface area contributed by atoms with Crippen molar-refractivity contribution < 1.29 is 13.2 Å². The minimum atomic E-state index is -3.06. The summed E-state index contributed by atoms with van der Waals surface area (Å²) in [5.41, 5.74) is 0. The zero-order valence-corrected chi connectivity index (χ0v) is 13.8. The molecule has 0 aromatic rings. The smallest absolute Gasteiger partial charge is 0.216 e. The van der Waals surface area contributed by atoms with Gasteiger partial charge in [0.05, 0.1) is 18.0 Å². The molecule has 1 heterocycles. The molecule has 0 N–H and O–H groups in total. The second-order valence-corrected chi connectivity index (χ2v) is 8.47. The van der Waals surface area contributed by atoms with Gasteiger partial charge in [-0.2, -0.15) is 0 Å². The van der Waals surface area contributed by atoms with Crippen molar-refractivity contribution in [2.75, 3.05) is 25.0 Å². The van der Waals surface area contributed by atoms with Gasteiger partial charge in [-0.3, -0.25) is 0 Å². The fraction of sp³-hybridized carbons (Fsp3) is 1.00. The van der Waals surface area contributed by atoms with E-state index >= 15 is 0 Å². The second kappa shape index (κ2) is 7.38. The molecular weight excluding hydrogens is 330 g/mol. The number of hydrogen-bond donors (Lipinski definition) is 0. The van der Waals surface area contributed by atoms with Crippen LogP contribution in [0.15, 0.2) is 0 Å². The Labute approximate surface area is 125 Å². The Hall–Kier alpha value is 0.350. The van der Waals surface area contributed by atoms with Crippen LogP contribution in [-0.2, 0) is 14.8 Å². The number of piperidine rings is 1. The Kier molecular flexibility index (Phi) is 6.11. The highest BCUT2D eigenvalue weighted by Gasteiger charge is 2.35. The van der Waals surface area contributed by atoms with Gasteiger partial charge in [0.1, 0.15) is 0 Å². The Morgan fingerprint density at radius 2 is 1.68 bits per heavy atom. The van der Waals surface area contributed by atoms with Crippen molar-refractivity contribution in [2.24, 2.45) is 0 Å². The molecule has 1 aliphatic heterocycles. The maximum Gasteiger partial charge on any atom is 0.216 e. The second-order valence-electron chi connectivity index (χ2n) is 5.46. The maximum atomic E-state index is 12.5. The van der Waals surface area contributed by atoms with Crippen molar-refractivity contribution in [1.82, 2.24) is 4.31 Å². The van der Waals surface area contributed by atoms with E-state index in [1.54, 1.807) is 4.31 Å². The SMILES string of the molecule is O=S(=O)(C1CCCCC1)N1CCC(OCCBr)CC1. The van der Waals surface area contributed by atoms with Gasteiger partial charge in [-0.25, -0.2) is 12.7 Å². The number of nitrogens with zero attached hydrogens (tertiary/aromatic N) is 1. The van der Waals surface area contributed by atoms with Gasteiger partial charge in [0.2, 0.25) is 10.0 Å². The average Bonchev–Trinajstić information content (AvgIpc) is 2.46. The van der Waals surface area contributed by atoms with Gasteiger partial charge in [0, 0.05) is 18.4 Å². The lowest BCUT2D eigenvalue weighted by atomic mass is 10.0. The minimum Gasteiger partial charge on any atom is -0.377 e. The van der Waals surface area contributed by atoms with Crippen LogP contribution in [0.4, 0.5) is 0 Å². The molecule has 1 saturated heterocycles. The lowest BCUT2D eigenvalue weighted by molar-refractivity contribution is 0.0307. The molecule has 1 saturated carbocycles. The predicted octanol–water partition coefficient (Wildman–Crippen LogP) is 2.52. The molecule has 2 aliphatic rings. The Morgan fingerprint density at radius 3 is 2.26 bits per heavy atom. The molecule has 0 unspecified atom stereocenters. The molecule has 19 heavy (non-hydrogen) atoms. The molecule has 0 amide bonds. The number of rotatable bonds is 5. The summed E-state index contributed by atoms with van der Waals surface area (Å²) < 4.78 is 32.5. The molecule has 112 valence electrons. The normalized spacial score (nSPS) is 24.7. The molecule has 0 aromatic heterocycles. The number of hydrogen-bond acceptors (Lipinski definition) is 3. The summed E-state index contributed by atoms with van der Waals surface area (Å²) in [5, 5.41) is 0.717. The van der Waals surface area contributed by atoms with Crippen LogP contribution in [-0.4, -0.2) is 49.1 Å². The molecule has 0 radical (unpaired) electrons. The van der Waals surface area contributed by atoms with Crippen molar-refractivity contribution >= 4 is 26.0 Å². The van der Waals surface area contributed by atoms with Crippen LogP contribution < -0.4 is 0 Å². The standard InChI is InChI=1S/C13H24BrNO3S/c14-8-11-18-12-6-9-15(10-7-12)19(16,17)13-4-2-1-3-5-13/h12-13H,1-11H2. The summed E-state index contributed by atoms with van der Waals surface area (Å²) in [5.74, 6) is 0. The molecule has 4 nitrogen and oxygen atoms in total. The van der Waals surface area contributed by atoms with Gasteiger partial charge in [-0.1, -0.05) is 35.2 Å². The molecule has 2 rings (SSSR count). The number of sulfonamides is 1. The zero-order valence-electron chi connectivity index (χ0n) is 11.4. The highest BCUT2D eigenvalue weighted by atomic mass is 79.9. The van der Waals surface area contributed by atoms with E-state index in [-0.39, 0.29) is 11.4 Å². The molecule has 2 fully saturated rings. The summed E-state index contributed by atoms with van der Waals surface area (Å²) >= 11 is 3.34. The van der Waals surface area contributed by atoms with E-state index in [9.17, 15) is 8.42 Å². The van der Waals surface area contributed by atoms with Crippen molar-refractivity contribution in [2.45, 2.75) is 56.3 Å². The molecule has 0 bridgehead atoms. The summed E-state index contributed by atoms with van der Waals surface area (Å²) in [4.78, 5) is 0. The third-order valence-corrected chi connectivity index (χ3v) is 6.89. The zero-order chi connectivity index (χ0) is 13.7. The average molecular weight is 354 g/mol. The molecule has 6 heteroatoms. The first kappa shape index (κ1) is 15.7. The van der Waals surface area contributed by atoms with E-state index in [1.165, 1.54) is 6.42 Å². The molecule has 1 aliphatic carbocycles. The number of alkyl halides is 1. The van der Waals surface area contributed by atoms with E-state index in [0.717, 1.165) is 43.9 Å². The Bertz CT molecular complexity index is 360. The Morgan fingerprint density at radius 1 is 1.05 bits per heavy atom. The van der Waals surface area contributed by atoms with Crippen LogP contribution in [0.25, 0.3) is 0 Å². The summed E-state index contributed by atoms with van der Waals surface area (Å²) in [6, 6.07) is 0. The molecular formula is C13H24BrNO3S. The molecule has 0 atom stereocenters. The van der Waals surface area contributed by atoms with Crippen LogP contribution >= 0.6 is 15.9 Å². The third-order valence-electron chi connectivity index (χ3n) is 4.16. The monoisotopic (exact) mass is 353 g/mol. The first-order chi connectivity index (χ1) is 9.14. The van der Waals surface area contributed by atoms with E-state index in [4.69, 9.17) is 4.74 Å². The van der Waals surface area contributed by atoms with Gasteiger partial charge < -0.3 is 4.74 Å². The van der Waals surface area contributed by atoms with E-state index in [0.29, 0.717) is 19.7 Å². The first-order valence-corrected chi connectivity index (χ1v) is 9.93. The lowest BCUT2D eigenvalue weighted by Crippen LogP contribution is -2.45. The highest BCUT2D eigenvalue weighted by molar-refractivity contribution is 9.09. The van der Waals surface area contributed by atoms with Gasteiger partial charge in [0.15, 0.2) is 0 Å². The van der Waals surface area contributed by atoms with Crippen molar-refractivity contribution in [3.63, 3.8) is 0 Å². The van der Waals surface area contributed by atoms with Crippen LogP contribution in [0.5, 0.6) is 0 Å². The van der Waals surface area contributed by atoms with Gasteiger partial charge in [-0.15, -0.1) is 0 Å². The topological polar surface area (TPSA) is 46.6 Å². The summed E-state index contributed by atoms with van der Waals surface area (Å²) in [6.45, 7) is 1.97. The van der Waals surface area contributed by atoms with Crippen molar-refractivity contribution in [3.8, 4) is 0 Å². The summed E-state index contributed by atoms with van der Waals surface area (Å²) in [7, 11) is -3.06. The van der Waals surface area contributed by atoms with Crippen molar-refractivity contribution in [3.05, 3.63) is 0 Å². The minimum absolute atomic E-state index is 0.124. The van der Waals surface area contributed by atoms with E-state index in [2.05, 4.69) is 15.9 Å². The summed E-state index contributed by atoms with van der Waals surface area (Å²) in [6.07, 6.45) is 6.91. The maximum absolute atomic E-state index is 12.5. The largest absolute Gasteiger partial charge is 0.377 e. The van der Waals surface area contributed by atoms with Gasteiger partial charge in [0.25, 0.3) is 0 Å². The fourth-order valence-electron chi connectivity index (χ4n) is 3.04. The highest BCUT2D eigenvalue weighted by Crippen LogP contribution is 2.28. The fourth-order valence-corrected chi connectivity index (χ4v) is 5.30. The van der Waals surface area contributed by atoms with Gasteiger partial charge in [-0.05, 0) is 25.7 Å². The number of ether oxygens (including phenoxy) is 1. The van der Waals surface area contributed by atoms with Crippen LogP contribution in [0, 0.1) is 0 Å². The van der Waals surface area contributed by atoms with Crippen molar-refractivity contribution in [1.29, 1.82) is 0 Å². The quantitative estimate of drug-likeness (QED) is 0.713.